The first kappa shape index (κ1) is 20.0. The van der Waals surface area contributed by atoms with E-state index in [0.29, 0.717) is 36.8 Å². The number of nitrogens with zero attached hydrogens (tertiary/aromatic N) is 1. The molecule has 1 fully saturated rings. The molecule has 0 atom stereocenters. The van der Waals surface area contributed by atoms with E-state index >= 15 is 0 Å². The second kappa shape index (κ2) is 9.98. The average molecular weight is 381 g/mol. The minimum atomic E-state index is -3.60. The molecule has 6 heteroatoms. The summed E-state index contributed by atoms with van der Waals surface area (Å²) in [5.74, 6) is 5.99. The maximum Gasteiger partial charge on any atom is 0.244 e. The van der Waals surface area contributed by atoms with Crippen LogP contribution in [0.4, 0.5) is 0 Å². The fraction of sp³-hybridized carbons (Fsp3) is 0.474. The van der Waals surface area contributed by atoms with Crippen molar-refractivity contribution in [2.45, 2.75) is 32.6 Å². The van der Waals surface area contributed by atoms with Gasteiger partial charge in [-0.25, -0.2) is 8.42 Å². The van der Waals surface area contributed by atoms with Crippen LogP contribution in [-0.2, 0) is 10.0 Å². The summed E-state index contributed by atoms with van der Waals surface area (Å²) in [5, 5.41) is 3.68. The Hall–Kier alpha value is -1.32. The van der Waals surface area contributed by atoms with Crippen molar-refractivity contribution < 1.29 is 8.42 Å². The Kier molecular flexibility index (Phi) is 7.98. The first-order chi connectivity index (χ1) is 12.1. The van der Waals surface area contributed by atoms with E-state index in [1.165, 1.54) is 10.4 Å². The summed E-state index contributed by atoms with van der Waals surface area (Å²) >= 11 is 6.06. The summed E-state index contributed by atoms with van der Waals surface area (Å²) < 4.78 is 27.7. The number of benzene rings is 1. The van der Waals surface area contributed by atoms with E-state index in [2.05, 4.69) is 24.1 Å². The van der Waals surface area contributed by atoms with Crippen LogP contribution >= 0.6 is 11.6 Å². The maximum absolute atomic E-state index is 13.1. The van der Waals surface area contributed by atoms with Crippen LogP contribution in [-0.4, -0.2) is 38.9 Å². The first-order valence-electron chi connectivity index (χ1n) is 8.71. The molecule has 136 valence electrons. The molecule has 1 heterocycles. The Bertz CT molecular complexity index is 757. The summed E-state index contributed by atoms with van der Waals surface area (Å²) in [6, 6.07) is 6.92. The fourth-order valence-corrected chi connectivity index (χ4v) is 4.39. The number of hydrogen-bond donors (Lipinski definition) is 1. The molecular formula is C19H25ClN2O2S. The van der Waals surface area contributed by atoms with Crippen LogP contribution in [0, 0.1) is 11.8 Å². The molecule has 0 aliphatic carbocycles. The Morgan fingerprint density at radius 2 is 2.08 bits per heavy atom. The van der Waals surface area contributed by atoms with Crippen molar-refractivity contribution in [2.75, 3.05) is 26.2 Å². The SMILES string of the molecule is CCCCCC#C/C=C(\c1cccc(Cl)c1)S(=O)(=O)N1CCNCC1. The molecule has 1 saturated heterocycles. The number of nitrogens with one attached hydrogen (secondary N) is 1. The predicted octanol–water partition coefficient (Wildman–Crippen LogP) is 3.50. The molecule has 4 nitrogen and oxygen atoms in total. The van der Waals surface area contributed by atoms with Crippen molar-refractivity contribution in [2.24, 2.45) is 0 Å². The number of hydrogen-bond acceptors (Lipinski definition) is 3. The molecule has 0 aromatic heterocycles. The number of sulfonamides is 1. The van der Waals surface area contributed by atoms with Gasteiger partial charge >= 0.3 is 0 Å². The molecule has 1 N–H and O–H groups in total. The van der Waals surface area contributed by atoms with Crippen LogP contribution in [0.15, 0.2) is 30.3 Å². The van der Waals surface area contributed by atoms with E-state index in [1.54, 1.807) is 24.3 Å². The molecule has 1 aliphatic rings. The molecular weight excluding hydrogens is 356 g/mol. The Morgan fingerprint density at radius 1 is 1.32 bits per heavy atom. The van der Waals surface area contributed by atoms with E-state index in [4.69, 9.17) is 11.6 Å². The van der Waals surface area contributed by atoms with Gasteiger partial charge in [-0.15, -0.1) is 0 Å². The van der Waals surface area contributed by atoms with Gasteiger partial charge in [0.2, 0.25) is 10.0 Å². The van der Waals surface area contributed by atoms with E-state index in [-0.39, 0.29) is 4.91 Å². The zero-order valence-electron chi connectivity index (χ0n) is 14.6. The highest BCUT2D eigenvalue weighted by atomic mass is 35.5. The van der Waals surface area contributed by atoms with Gasteiger partial charge in [-0.1, -0.05) is 55.3 Å². The molecule has 25 heavy (non-hydrogen) atoms. The zero-order valence-corrected chi connectivity index (χ0v) is 16.2. The summed E-state index contributed by atoms with van der Waals surface area (Å²) in [5.41, 5.74) is 0.578. The van der Waals surface area contributed by atoms with Crippen LogP contribution < -0.4 is 5.32 Å². The summed E-state index contributed by atoms with van der Waals surface area (Å²) in [6.07, 6.45) is 5.62. The van der Waals surface area contributed by atoms with Gasteiger partial charge in [0.15, 0.2) is 0 Å². The molecule has 1 aromatic rings. The average Bonchev–Trinajstić information content (AvgIpc) is 2.61. The van der Waals surface area contributed by atoms with E-state index in [9.17, 15) is 8.42 Å². The summed E-state index contributed by atoms with van der Waals surface area (Å²) in [4.78, 5) is 0.222. The van der Waals surface area contributed by atoms with Gasteiger partial charge in [-0.05, 0) is 24.1 Å². The van der Waals surface area contributed by atoms with Crippen LogP contribution in [0.25, 0.3) is 4.91 Å². The Labute approximate surface area is 156 Å². The Morgan fingerprint density at radius 3 is 2.76 bits per heavy atom. The van der Waals surface area contributed by atoms with Crippen molar-refractivity contribution >= 4 is 26.5 Å². The molecule has 0 saturated carbocycles. The topological polar surface area (TPSA) is 49.4 Å². The maximum atomic E-state index is 13.1. The van der Waals surface area contributed by atoms with Crippen LogP contribution in [0.3, 0.4) is 0 Å². The van der Waals surface area contributed by atoms with E-state index in [0.717, 1.165) is 25.7 Å². The van der Waals surface area contributed by atoms with Crippen molar-refractivity contribution in [3.8, 4) is 11.8 Å². The number of piperazine rings is 1. The molecule has 1 aliphatic heterocycles. The lowest BCUT2D eigenvalue weighted by Gasteiger charge is -2.27. The highest BCUT2D eigenvalue weighted by molar-refractivity contribution is 7.98. The van der Waals surface area contributed by atoms with Gasteiger partial charge < -0.3 is 5.32 Å². The highest BCUT2D eigenvalue weighted by Gasteiger charge is 2.28. The molecule has 0 spiro atoms. The smallest absolute Gasteiger partial charge is 0.244 e. The van der Waals surface area contributed by atoms with Gasteiger partial charge in [-0.2, -0.15) is 4.31 Å². The van der Waals surface area contributed by atoms with Gasteiger partial charge in [0.05, 0.1) is 4.91 Å². The monoisotopic (exact) mass is 380 g/mol. The van der Waals surface area contributed by atoms with Crippen molar-refractivity contribution in [3.63, 3.8) is 0 Å². The molecule has 0 bridgehead atoms. The molecule has 2 rings (SSSR count). The third kappa shape index (κ3) is 5.86. The van der Waals surface area contributed by atoms with Crippen molar-refractivity contribution in [1.82, 2.24) is 9.62 Å². The number of allylic oxidation sites excluding steroid dienone is 1. The summed E-state index contributed by atoms with van der Waals surface area (Å²) in [6.45, 7) is 4.38. The van der Waals surface area contributed by atoms with Gasteiger partial charge in [0.1, 0.15) is 0 Å². The zero-order chi connectivity index (χ0) is 18.1. The lowest BCUT2D eigenvalue weighted by atomic mass is 10.2. The third-order valence-electron chi connectivity index (χ3n) is 4.01. The molecule has 1 aromatic carbocycles. The second-order valence-electron chi connectivity index (χ2n) is 5.95. The number of halogens is 1. The van der Waals surface area contributed by atoms with Crippen molar-refractivity contribution in [3.05, 3.63) is 40.9 Å². The lowest BCUT2D eigenvalue weighted by molar-refractivity contribution is 0.365. The Balaban J connectivity index is 2.31. The highest BCUT2D eigenvalue weighted by Crippen LogP contribution is 2.26. The molecule has 0 unspecified atom stereocenters. The quantitative estimate of drug-likeness (QED) is 0.607. The first-order valence-corrected chi connectivity index (χ1v) is 10.5. The summed E-state index contributed by atoms with van der Waals surface area (Å²) in [7, 11) is -3.60. The largest absolute Gasteiger partial charge is 0.314 e. The molecule has 0 amide bonds. The van der Waals surface area contributed by atoms with Crippen molar-refractivity contribution in [1.29, 1.82) is 0 Å². The van der Waals surface area contributed by atoms with Crippen LogP contribution in [0.2, 0.25) is 5.02 Å². The van der Waals surface area contributed by atoms with Crippen LogP contribution in [0.5, 0.6) is 0 Å². The van der Waals surface area contributed by atoms with E-state index < -0.39 is 10.0 Å². The van der Waals surface area contributed by atoms with E-state index in [1.807, 2.05) is 0 Å². The minimum absolute atomic E-state index is 0.222. The predicted molar refractivity (Wildman–Crippen MR) is 105 cm³/mol. The molecule has 0 radical (unpaired) electrons. The second-order valence-corrected chi connectivity index (χ2v) is 8.29. The normalized spacial score (nSPS) is 16.3. The number of rotatable bonds is 6. The minimum Gasteiger partial charge on any atom is -0.314 e. The lowest BCUT2D eigenvalue weighted by Crippen LogP contribution is -2.46. The van der Waals surface area contributed by atoms with Gasteiger partial charge in [0, 0.05) is 43.7 Å². The van der Waals surface area contributed by atoms with Gasteiger partial charge in [0.25, 0.3) is 0 Å². The van der Waals surface area contributed by atoms with Crippen LogP contribution in [0.1, 0.15) is 38.2 Å². The number of unbranched alkanes of at least 4 members (excludes halogenated alkanes) is 3. The standard InChI is InChI=1S/C19H25ClN2O2S/c1-2-3-4-5-6-7-11-19(17-9-8-10-18(20)16-17)25(23,24)22-14-12-21-13-15-22/h8-11,16,21H,2-5,12-15H2,1H3/b19-11+. The fourth-order valence-electron chi connectivity index (χ4n) is 2.62. The van der Waals surface area contributed by atoms with Gasteiger partial charge in [-0.3, -0.25) is 0 Å². The third-order valence-corrected chi connectivity index (χ3v) is 6.20.